The Morgan fingerprint density at radius 2 is 2.00 bits per heavy atom. The topological polar surface area (TPSA) is 59.3 Å². The molecule has 0 aliphatic heterocycles. The van der Waals surface area contributed by atoms with Gasteiger partial charge in [-0.25, -0.2) is 12.8 Å². The van der Waals surface area contributed by atoms with Crippen molar-refractivity contribution in [1.82, 2.24) is 5.32 Å². The van der Waals surface area contributed by atoms with E-state index in [1.165, 1.54) is 24.5 Å². The number of furan rings is 1. The fraction of sp³-hybridized carbons (Fsp3) is 0.385. The van der Waals surface area contributed by atoms with Gasteiger partial charge in [0.1, 0.15) is 17.2 Å². The largest absolute Gasteiger partial charge is 0.459 e. The summed E-state index contributed by atoms with van der Waals surface area (Å²) in [5.74, 6) is 0.137. The van der Waals surface area contributed by atoms with Crippen molar-refractivity contribution in [2.24, 2.45) is 0 Å². The molecule has 0 amide bonds. The summed E-state index contributed by atoms with van der Waals surface area (Å²) in [6.45, 7) is 1.62. The Hall–Kier alpha value is -1.40. The molecule has 2 aromatic rings. The van der Waals surface area contributed by atoms with E-state index in [0.29, 0.717) is 16.7 Å². The van der Waals surface area contributed by atoms with Crippen LogP contribution in [0, 0.1) is 5.82 Å². The van der Waals surface area contributed by atoms with Gasteiger partial charge in [0, 0.05) is 11.6 Å². The first kappa shape index (κ1) is 14.0. The summed E-state index contributed by atoms with van der Waals surface area (Å²) in [5, 5.41) is 2.92. The SMILES string of the molecule is CNC(c1cc2cc(F)ccc2o1)C(C)S(C)(=O)=O. The molecule has 2 rings (SSSR count). The molecule has 2 atom stereocenters. The second kappa shape index (κ2) is 4.94. The monoisotopic (exact) mass is 285 g/mol. The zero-order chi connectivity index (χ0) is 14.2. The lowest BCUT2D eigenvalue weighted by Crippen LogP contribution is -2.32. The number of hydrogen-bond acceptors (Lipinski definition) is 4. The summed E-state index contributed by atoms with van der Waals surface area (Å²) in [5.41, 5.74) is 0.539. The summed E-state index contributed by atoms with van der Waals surface area (Å²) >= 11 is 0. The minimum Gasteiger partial charge on any atom is -0.459 e. The Balaban J connectivity index is 2.47. The summed E-state index contributed by atoms with van der Waals surface area (Å²) in [6.07, 6.45) is 1.18. The average molecular weight is 285 g/mol. The number of sulfone groups is 1. The molecule has 19 heavy (non-hydrogen) atoms. The lowest BCUT2D eigenvalue weighted by molar-refractivity contribution is 0.439. The Morgan fingerprint density at radius 3 is 2.58 bits per heavy atom. The number of halogens is 1. The number of rotatable bonds is 4. The molecular weight excluding hydrogens is 269 g/mol. The molecule has 6 heteroatoms. The van der Waals surface area contributed by atoms with Crippen molar-refractivity contribution in [2.45, 2.75) is 18.2 Å². The van der Waals surface area contributed by atoms with E-state index in [1.807, 2.05) is 0 Å². The minimum absolute atomic E-state index is 0.350. The lowest BCUT2D eigenvalue weighted by atomic mass is 10.1. The van der Waals surface area contributed by atoms with Crippen molar-refractivity contribution < 1.29 is 17.2 Å². The normalized spacial score (nSPS) is 15.6. The first-order valence-corrected chi connectivity index (χ1v) is 7.83. The van der Waals surface area contributed by atoms with Crippen LogP contribution < -0.4 is 5.32 Å². The van der Waals surface area contributed by atoms with Gasteiger partial charge in [0.05, 0.1) is 11.3 Å². The molecule has 1 N–H and O–H groups in total. The fourth-order valence-electron chi connectivity index (χ4n) is 2.04. The molecule has 0 bridgehead atoms. The highest BCUT2D eigenvalue weighted by Gasteiger charge is 2.28. The molecule has 0 spiro atoms. The zero-order valence-corrected chi connectivity index (χ0v) is 11.8. The van der Waals surface area contributed by atoms with Crippen molar-refractivity contribution >= 4 is 20.8 Å². The number of hydrogen-bond donors (Lipinski definition) is 1. The van der Waals surface area contributed by atoms with Gasteiger partial charge in [-0.15, -0.1) is 0 Å². The zero-order valence-electron chi connectivity index (χ0n) is 11.0. The van der Waals surface area contributed by atoms with Crippen LogP contribution >= 0.6 is 0 Å². The highest BCUT2D eigenvalue weighted by atomic mass is 32.2. The Labute approximate surface area is 111 Å². The average Bonchev–Trinajstić information content (AvgIpc) is 2.71. The quantitative estimate of drug-likeness (QED) is 0.936. The van der Waals surface area contributed by atoms with Crippen molar-refractivity contribution in [2.75, 3.05) is 13.3 Å². The third-order valence-electron chi connectivity index (χ3n) is 3.26. The molecule has 4 nitrogen and oxygen atoms in total. The van der Waals surface area contributed by atoms with Crippen molar-refractivity contribution in [1.29, 1.82) is 0 Å². The molecule has 1 heterocycles. The van der Waals surface area contributed by atoms with Crippen molar-refractivity contribution in [3.63, 3.8) is 0 Å². The summed E-state index contributed by atoms with van der Waals surface area (Å²) < 4.78 is 42.0. The van der Waals surface area contributed by atoms with Crippen LogP contribution in [-0.4, -0.2) is 27.0 Å². The Bertz CT molecular complexity index is 693. The maximum atomic E-state index is 13.1. The van der Waals surface area contributed by atoms with Gasteiger partial charge in [-0.05, 0) is 38.2 Å². The van der Waals surface area contributed by atoms with Crippen LogP contribution in [0.2, 0.25) is 0 Å². The fourth-order valence-corrected chi connectivity index (χ4v) is 2.81. The summed E-state index contributed by atoms with van der Waals surface area (Å²) in [4.78, 5) is 0. The second-order valence-electron chi connectivity index (χ2n) is 4.63. The highest BCUT2D eigenvalue weighted by Crippen LogP contribution is 2.28. The van der Waals surface area contributed by atoms with Crippen molar-refractivity contribution in [3.05, 3.63) is 35.8 Å². The number of nitrogens with one attached hydrogen (secondary N) is 1. The van der Waals surface area contributed by atoms with E-state index >= 15 is 0 Å². The first-order valence-electron chi connectivity index (χ1n) is 5.88. The number of fused-ring (bicyclic) bond motifs is 1. The molecule has 0 saturated carbocycles. The van der Waals surface area contributed by atoms with Crippen LogP contribution in [-0.2, 0) is 9.84 Å². The van der Waals surface area contributed by atoms with Gasteiger partial charge in [-0.1, -0.05) is 0 Å². The third-order valence-corrected chi connectivity index (χ3v) is 4.88. The van der Waals surface area contributed by atoms with E-state index in [2.05, 4.69) is 5.32 Å². The Morgan fingerprint density at radius 1 is 1.32 bits per heavy atom. The van der Waals surface area contributed by atoms with Crippen LogP contribution in [0.5, 0.6) is 0 Å². The number of benzene rings is 1. The van der Waals surface area contributed by atoms with Crippen molar-refractivity contribution in [3.8, 4) is 0 Å². The van der Waals surface area contributed by atoms with Crippen LogP contribution in [0.15, 0.2) is 28.7 Å². The molecule has 0 saturated heterocycles. The van der Waals surface area contributed by atoms with Crippen LogP contribution in [0.1, 0.15) is 18.7 Å². The predicted octanol–water partition coefficient (Wildman–Crippen LogP) is 2.27. The second-order valence-corrected chi connectivity index (χ2v) is 7.03. The Kier molecular flexibility index (Phi) is 3.64. The van der Waals surface area contributed by atoms with E-state index in [4.69, 9.17) is 4.42 Å². The molecule has 0 aliphatic rings. The first-order chi connectivity index (χ1) is 8.82. The molecule has 0 fully saturated rings. The van der Waals surface area contributed by atoms with Gasteiger partial charge in [0.15, 0.2) is 9.84 Å². The van der Waals surface area contributed by atoms with E-state index in [-0.39, 0.29) is 5.82 Å². The van der Waals surface area contributed by atoms with Crippen LogP contribution in [0.4, 0.5) is 4.39 Å². The van der Waals surface area contributed by atoms with Crippen LogP contribution in [0.3, 0.4) is 0 Å². The van der Waals surface area contributed by atoms with Gasteiger partial charge in [-0.3, -0.25) is 0 Å². The molecule has 0 aliphatic carbocycles. The van der Waals surface area contributed by atoms with Gasteiger partial charge in [-0.2, -0.15) is 0 Å². The molecular formula is C13H16FNO3S. The molecule has 0 radical (unpaired) electrons. The van der Waals surface area contributed by atoms with E-state index in [0.717, 1.165) is 0 Å². The molecule has 1 aromatic carbocycles. The summed E-state index contributed by atoms with van der Waals surface area (Å²) in [6, 6.07) is 5.41. The standard InChI is InChI=1S/C13H16FNO3S/c1-8(19(3,16)17)13(15-2)12-7-9-6-10(14)4-5-11(9)18-12/h4-8,13,15H,1-3H3. The molecule has 104 valence electrons. The van der Waals surface area contributed by atoms with Gasteiger partial charge >= 0.3 is 0 Å². The van der Waals surface area contributed by atoms with Gasteiger partial charge in [0.25, 0.3) is 0 Å². The summed E-state index contributed by atoms with van der Waals surface area (Å²) in [7, 11) is -1.54. The third kappa shape index (κ3) is 2.79. The van der Waals surface area contributed by atoms with E-state index in [1.54, 1.807) is 20.0 Å². The maximum Gasteiger partial charge on any atom is 0.152 e. The smallest absolute Gasteiger partial charge is 0.152 e. The van der Waals surface area contributed by atoms with Gasteiger partial charge in [0.2, 0.25) is 0 Å². The lowest BCUT2D eigenvalue weighted by Gasteiger charge is -2.19. The van der Waals surface area contributed by atoms with Crippen LogP contribution in [0.25, 0.3) is 11.0 Å². The predicted molar refractivity (Wildman–Crippen MR) is 72.3 cm³/mol. The maximum absolute atomic E-state index is 13.1. The molecule has 2 unspecified atom stereocenters. The minimum atomic E-state index is -3.20. The van der Waals surface area contributed by atoms with Gasteiger partial charge < -0.3 is 9.73 Å². The highest BCUT2D eigenvalue weighted by molar-refractivity contribution is 7.91. The van der Waals surface area contributed by atoms with E-state index in [9.17, 15) is 12.8 Å². The molecule has 1 aromatic heterocycles. The van der Waals surface area contributed by atoms with E-state index < -0.39 is 21.1 Å².